The summed E-state index contributed by atoms with van der Waals surface area (Å²) in [6, 6.07) is 6.93. The molecule has 0 spiro atoms. The number of nitrogens with one attached hydrogen (secondary N) is 2. The molecule has 3 aromatic rings. The predicted octanol–water partition coefficient (Wildman–Crippen LogP) is 4.85. The van der Waals surface area contributed by atoms with Crippen molar-refractivity contribution >= 4 is 34.8 Å². The normalized spacial score (nSPS) is 10.6. The van der Waals surface area contributed by atoms with Crippen LogP contribution in [0.15, 0.2) is 42.7 Å². The topological polar surface area (TPSA) is 66.9 Å². The Bertz CT molecular complexity index is 1010. The molecule has 138 valence electrons. The van der Waals surface area contributed by atoms with Crippen LogP contribution in [0, 0.1) is 24.4 Å². The van der Waals surface area contributed by atoms with Crippen LogP contribution in [0.25, 0.3) is 0 Å². The molecule has 0 saturated heterocycles. The Morgan fingerprint density at radius 1 is 1.00 bits per heavy atom. The summed E-state index contributed by atoms with van der Waals surface area (Å²) in [5, 5.41) is 5.68. The summed E-state index contributed by atoms with van der Waals surface area (Å²) < 4.78 is 39.8. The summed E-state index contributed by atoms with van der Waals surface area (Å²) in [4.78, 5) is 20.1. The Kier molecular flexibility index (Phi) is 5.27. The van der Waals surface area contributed by atoms with Crippen molar-refractivity contribution in [3.63, 3.8) is 0 Å². The molecule has 0 fully saturated rings. The average molecular weight is 393 g/mol. The molecule has 2 aromatic carbocycles. The molecule has 0 aliphatic heterocycles. The van der Waals surface area contributed by atoms with Gasteiger partial charge in [0, 0.05) is 23.1 Å². The van der Waals surface area contributed by atoms with Crippen molar-refractivity contribution in [3.05, 3.63) is 76.3 Å². The van der Waals surface area contributed by atoms with Crippen LogP contribution in [0.3, 0.4) is 0 Å². The van der Waals surface area contributed by atoms with Crippen LogP contribution in [-0.4, -0.2) is 15.9 Å². The molecule has 1 aromatic heterocycles. The number of rotatable bonds is 4. The molecule has 1 heterocycles. The first-order chi connectivity index (χ1) is 12.9. The Hall–Kier alpha value is -3.13. The van der Waals surface area contributed by atoms with Crippen LogP contribution >= 0.6 is 11.6 Å². The molecular formula is C18H12ClF3N4O. The van der Waals surface area contributed by atoms with Gasteiger partial charge >= 0.3 is 0 Å². The summed E-state index contributed by atoms with van der Waals surface area (Å²) in [5.41, 5.74) is 1.02. The lowest BCUT2D eigenvalue weighted by molar-refractivity contribution is 0.102. The number of benzene rings is 2. The number of hydrogen-bond acceptors (Lipinski definition) is 4. The Labute approximate surface area is 157 Å². The molecule has 1 amide bonds. The number of amides is 1. The second kappa shape index (κ2) is 7.63. The van der Waals surface area contributed by atoms with E-state index < -0.39 is 29.0 Å². The lowest BCUT2D eigenvalue weighted by atomic mass is 10.2. The first-order valence-corrected chi connectivity index (χ1v) is 8.03. The van der Waals surface area contributed by atoms with E-state index in [1.54, 1.807) is 18.2 Å². The highest BCUT2D eigenvalue weighted by molar-refractivity contribution is 6.31. The fraction of sp³-hybridized carbons (Fsp3) is 0.0556. The smallest absolute Gasteiger partial charge is 0.258 e. The van der Waals surface area contributed by atoms with Crippen LogP contribution in [0.2, 0.25) is 5.02 Å². The number of aromatic nitrogens is 2. The van der Waals surface area contributed by atoms with Crippen molar-refractivity contribution in [1.82, 2.24) is 9.97 Å². The first kappa shape index (κ1) is 18.7. The van der Waals surface area contributed by atoms with Crippen molar-refractivity contribution in [1.29, 1.82) is 0 Å². The summed E-state index contributed by atoms with van der Waals surface area (Å²) in [6.45, 7) is 1.82. The number of nitrogens with zero attached hydrogens (tertiary/aromatic N) is 2. The lowest BCUT2D eigenvalue weighted by Crippen LogP contribution is -2.15. The Balaban J connectivity index is 1.74. The van der Waals surface area contributed by atoms with Gasteiger partial charge in [0.05, 0.1) is 11.3 Å². The number of hydrogen-bond donors (Lipinski definition) is 2. The zero-order valence-electron chi connectivity index (χ0n) is 13.9. The second-order valence-electron chi connectivity index (χ2n) is 5.51. The Morgan fingerprint density at radius 3 is 2.41 bits per heavy atom. The van der Waals surface area contributed by atoms with E-state index in [1.807, 2.05) is 6.92 Å². The van der Waals surface area contributed by atoms with Crippen molar-refractivity contribution in [2.45, 2.75) is 6.92 Å². The maximum Gasteiger partial charge on any atom is 0.258 e. The zero-order valence-corrected chi connectivity index (χ0v) is 14.6. The largest absolute Gasteiger partial charge is 0.324 e. The van der Waals surface area contributed by atoms with E-state index in [0.717, 1.165) is 11.6 Å². The lowest BCUT2D eigenvalue weighted by Gasteiger charge is -2.10. The van der Waals surface area contributed by atoms with Gasteiger partial charge in [0.1, 0.15) is 0 Å². The van der Waals surface area contributed by atoms with Gasteiger partial charge < -0.3 is 10.6 Å². The molecule has 0 radical (unpaired) electrons. The minimum Gasteiger partial charge on any atom is -0.324 e. The summed E-state index contributed by atoms with van der Waals surface area (Å²) in [6.07, 6.45) is 2.42. The predicted molar refractivity (Wildman–Crippen MR) is 95.8 cm³/mol. The highest BCUT2D eigenvalue weighted by Crippen LogP contribution is 2.25. The minimum atomic E-state index is -1.67. The molecule has 27 heavy (non-hydrogen) atoms. The molecule has 0 aliphatic carbocycles. The van der Waals surface area contributed by atoms with E-state index >= 15 is 0 Å². The van der Waals surface area contributed by atoms with Gasteiger partial charge in [0.25, 0.3) is 5.91 Å². The highest BCUT2D eigenvalue weighted by atomic mass is 35.5. The van der Waals surface area contributed by atoms with E-state index in [-0.39, 0.29) is 11.5 Å². The van der Waals surface area contributed by atoms with Crippen LogP contribution < -0.4 is 10.6 Å². The van der Waals surface area contributed by atoms with E-state index in [0.29, 0.717) is 16.8 Å². The van der Waals surface area contributed by atoms with Crippen molar-refractivity contribution in [2.75, 3.05) is 10.6 Å². The molecule has 9 heteroatoms. The van der Waals surface area contributed by atoms with Gasteiger partial charge in [-0.05, 0) is 36.8 Å². The maximum atomic E-state index is 13.6. The third-order valence-corrected chi connectivity index (χ3v) is 4.12. The summed E-state index contributed by atoms with van der Waals surface area (Å²) in [5.74, 6) is -5.05. The second-order valence-corrected chi connectivity index (χ2v) is 5.92. The standard InChI is InChI=1S/C18H12ClF3N4O/c1-9-11(19)3-2-4-13(9)26-18-23-7-10(8-24-18)17(27)25-14-6-5-12(20)15(21)16(14)22/h2-8H,1H3,(H,25,27)(H,23,24,26). The fourth-order valence-electron chi connectivity index (χ4n) is 2.19. The molecule has 0 unspecified atom stereocenters. The number of anilines is 3. The monoisotopic (exact) mass is 392 g/mol. The summed E-state index contributed by atoms with van der Waals surface area (Å²) >= 11 is 6.04. The third-order valence-electron chi connectivity index (χ3n) is 3.71. The van der Waals surface area contributed by atoms with Gasteiger partial charge in [-0.1, -0.05) is 17.7 Å². The van der Waals surface area contributed by atoms with Crippen LogP contribution in [-0.2, 0) is 0 Å². The van der Waals surface area contributed by atoms with E-state index in [2.05, 4.69) is 20.6 Å². The van der Waals surface area contributed by atoms with Crippen molar-refractivity contribution < 1.29 is 18.0 Å². The van der Waals surface area contributed by atoms with Crippen molar-refractivity contribution in [3.8, 4) is 0 Å². The SMILES string of the molecule is Cc1c(Cl)cccc1Nc1ncc(C(=O)Nc2ccc(F)c(F)c2F)cn1. The van der Waals surface area contributed by atoms with Crippen molar-refractivity contribution in [2.24, 2.45) is 0 Å². The van der Waals surface area contributed by atoms with E-state index in [1.165, 1.54) is 12.4 Å². The molecular weight excluding hydrogens is 381 g/mol. The van der Waals surface area contributed by atoms with Gasteiger partial charge in [-0.2, -0.15) is 0 Å². The van der Waals surface area contributed by atoms with Gasteiger partial charge in [-0.15, -0.1) is 0 Å². The number of carbonyl (C=O) groups is 1. The van der Waals surface area contributed by atoms with Gasteiger partial charge in [0.15, 0.2) is 17.5 Å². The Morgan fingerprint density at radius 2 is 1.70 bits per heavy atom. The minimum absolute atomic E-state index is 0.00694. The maximum absolute atomic E-state index is 13.6. The van der Waals surface area contributed by atoms with Crippen LogP contribution in [0.1, 0.15) is 15.9 Å². The molecule has 2 N–H and O–H groups in total. The zero-order chi connectivity index (χ0) is 19.6. The highest BCUT2D eigenvalue weighted by Gasteiger charge is 2.16. The number of halogens is 4. The molecule has 5 nitrogen and oxygen atoms in total. The average Bonchev–Trinajstić information content (AvgIpc) is 2.66. The van der Waals surface area contributed by atoms with Crippen LogP contribution in [0.4, 0.5) is 30.5 Å². The number of carbonyl (C=O) groups excluding carboxylic acids is 1. The van der Waals surface area contributed by atoms with E-state index in [9.17, 15) is 18.0 Å². The quantitative estimate of drug-likeness (QED) is 0.623. The third kappa shape index (κ3) is 4.01. The molecule has 0 aliphatic rings. The van der Waals surface area contributed by atoms with Gasteiger partial charge in [-0.3, -0.25) is 4.79 Å². The molecule has 0 atom stereocenters. The first-order valence-electron chi connectivity index (χ1n) is 7.66. The molecule has 0 saturated carbocycles. The van der Waals surface area contributed by atoms with Crippen LogP contribution in [0.5, 0.6) is 0 Å². The van der Waals surface area contributed by atoms with E-state index in [4.69, 9.17) is 11.6 Å². The van der Waals surface area contributed by atoms with Gasteiger partial charge in [0.2, 0.25) is 5.95 Å². The molecule has 0 bridgehead atoms. The summed E-state index contributed by atoms with van der Waals surface area (Å²) in [7, 11) is 0. The van der Waals surface area contributed by atoms with Gasteiger partial charge in [-0.25, -0.2) is 23.1 Å². The molecule has 3 rings (SSSR count). The fourth-order valence-corrected chi connectivity index (χ4v) is 2.36.